The molecule has 146 heavy (non-hydrogen) atoms. The summed E-state index contributed by atoms with van der Waals surface area (Å²) < 4.78 is 65.8. The number of esters is 12. The van der Waals surface area contributed by atoms with Crippen molar-refractivity contribution in [2.45, 2.75) is 210 Å². The number of carbonyl (C=O) groups is 12. The summed E-state index contributed by atoms with van der Waals surface area (Å²) in [7, 11) is 0. The van der Waals surface area contributed by atoms with Crippen LogP contribution in [0.25, 0.3) is 0 Å². The van der Waals surface area contributed by atoms with Gasteiger partial charge >= 0.3 is 71.6 Å². The molecule has 24 heteroatoms. The number of carbonyl (C=O) groups excluding carboxylic acids is 12. The molecule has 0 radical (unpaired) electrons. The van der Waals surface area contributed by atoms with Crippen LogP contribution in [0.2, 0.25) is 0 Å². The number of benzene rings is 11. The molecule has 0 aliphatic heterocycles. The third kappa shape index (κ3) is 38.2. The summed E-state index contributed by atoms with van der Waals surface area (Å²) >= 11 is 0. The van der Waals surface area contributed by atoms with Crippen molar-refractivity contribution >= 4 is 71.6 Å². The Balaban J connectivity index is 0.000000187. The largest absolute Gasteiger partial charge is 0.426 e. The van der Waals surface area contributed by atoms with Crippen LogP contribution in [0.5, 0.6) is 69.0 Å². The quantitative estimate of drug-likeness (QED) is 0.0200. The van der Waals surface area contributed by atoms with Gasteiger partial charge in [-0.3, -0.25) is 43.2 Å². The number of hydrogen-bond donors (Lipinski definition) is 0. The Morgan fingerprint density at radius 2 is 0.404 bits per heavy atom. The predicted molar refractivity (Wildman–Crippen MR) is 554 cm³/mol. The molecule has 3 saturated carbocycles. The second-order valence-corrected chi connectivity index (χ2v) is 39.2. The highest BCUT2D eigenvalue weighted by Gasteiger charge is 2.32. The zero-order chi connectivity index (χ0) is 105. The molecule has 11 aromatic carbocycles. The van der Waals surface area contributed by atoms with Crippen molar-refractivity contribution in [2.24, 2.45) is 34.0 Å². The van der Waals surface area contributed by atoms with E-state index in [0.717, 1.165) is 163 Å². The number of rotatable bonds is 36. The molecule has 3 fully saturated rings. The fourth-order valence-electron chi connectivity index (χ4n) is 15.7. The fourth-order valence-corrected chi connectivity index (χ4v) is 15.7. The van der Waals surface area contributed by atoms with Gasteiger partial charge in [0.05, 0.1) is 53.3 Å². The summed E-state index contributed by atoms with van der Waals surface area (Å²) in [5.41, 5.74) is 8.29. The van der Waals surface area contributed by atoms with E-state index in [0.29, 0.717) is 102 Å². The molecule has 24 nitrogen and oxygen atoms in total. The minimum absolute atomic E-state index is 0.0293. The van der Waals surface area contributed by atoms with Crippen molar-refractivity contribution in [1.82, 2.24) is 0 Å². The van der Waals surface area contributed by atoms with Crippen LogP contribution in [0.4, 0.5) is 0 Å². The van der Waals surface area contributed by atoms with E-state index in [1.54, 1.807) is 133 Å². The van der Waals surface area contributed by atoms with Gasteiger partial charge in [0.1, 0.15) is 69.0 Å². The molecule has 14 rings (SSSR count). The summed E-state index contributed by atoms with van der Waals surface area (Å²) in [6.07, 6.45) is 20.6. The molecule has 0 N–H and O–H groups in total. The van der Waals surface area contributed by atoms with Crippen molar-refractivity contribution in [2.75, 3.05) is 0 Å². The van der Waals surface area contributed by atoms with Crippen LogP contribution in [0, 0.1) is 34.0 Å². The van der Waals surface area contributed by atoms with Crippen LogP contribution in [0.1, 0.15) is 201 Å². The van der Waals surface area contributed by atoms with Crippen molar-refractivity contribution in [3.63, 3.8) is 0 Å². The first kappa shape index (κ1) is 111. The molecular weight excluding hydrogens is 1850 g/mol. The molecule has 0 amide bonds. The van der Waals surface area contributed by atoms with Gasteiger partial charge in [-0.2, -0.15) is 0 Å². The molecule has 0 heterocycles. The van der Waals surface area contributed by atoms with Crippen molar-refractivity contribution in [3.05, 3.63) is 360 Å². The van der Waals surface area contributed by atoms with E-state index in [9.17, 15) is 57.5 Å². The first-order valence-electron chi connectivity index (χ1n) is 49.4. The number of ether oxygens (including phenoxy) is 12. The van der Waals surface area contributed by atoms with Crippen LogP contribution < -0.4 is 56.8 Å². The third-order valence-electron chi connectivity index (χ3n) is 23.9. The van der Waals surface area contributed by atoms with Crippen LogP contribution >= 0.6 is 0 Å². The molecular formula is C122H128O24. The lowest BCUT2D eigenvalue weighted by Crippen LogP contribution is -2.26. The highest BCUT2D eigenvalue weighted by Crippen LogP contribution is 2.37. The lowest BCUT2D eigenvalue weighted by atomic mass is 9.97. The molecule has 0 bridgehead atoms. The van der Waals surface area contributed by atoms with Crippen molar-refractivity contribution in [3.8, 4) is 69.0 Å². The zero-order valence-electron chi connectivity index (χ0n) is 84.5. The molecule has 0 saturated heterocycles. The van der Waals surface area contributed by atoms with Crippen molar-refractivity contribution in [1.29, 1.82) is 0 Å². The lowest BCUT2D eigenvalue weighted by Gasteiger charge is -2.19. The van der Waals surface area contributed by atoms with Gasteiger partial charge in [-0.05, 0) is 310 Å². The molecule has 760 valence electrons. The summed E-state index contributed by atoms with van der Waals surface area (Å²) in [6.45, 7) is 26.2. The minimum atomic E-state index is -0.670. The molecule has 0 aromatic heterocycles. The Morgan fingerprint density at radius 1 is 0.219 bits per heavy atom. The van der Waals surface area contributed by atoms with Crippen LogP contribution in [-0.2, 0) is 128 Å². The second kappa shape index (κ2) is 54.7. The Bertz CT molecular complexity index is 6110. The Kier molecular flexibility index (Phi) is 41.4. The van der Waals surface area contributed by atoms with E-state index in [2.05, 4.69) is 19.7 Å². The fraction of sp³-hybridized carbons (Fsp3) is 0.311. The smallest absolute Gasteiger partial charge is 0.335 e. The van der Waals surface area contributed by atoms with Crippen LogP contribution in [0.15, 0.2) is 299 Å². The average Bonchev–Trinajstić information content (AvgIpc) is 0.850. The number of aryl methyl sites for hydroxylation is 8. The van der Waals surface area contributed by atoms with E-state index in [1.807, 2.05) is 185 Å². The predicted octanol–water partition coefficient (Wildman–Crippen LogP) is 23.7. The monoisotopic (exact) mass is 1980 g/mol. The van der Waals surface area contributed by atoms with Gasteiger partial charge in [-0.1, -0.05) is 198 Å². The average molecular weight is 1980 g/mol. The first-order valence-corrected chi connectivity index (χ1v) is 49.4. The second-order valence-electron chi connectivity index (χ2n) is 39.2. The molecule has 11 aromatic rings. The lowest BCUT2D eigenvalue weighted by molar-refractivity contribution is -0.144. The van der Waals surface area contributed by atoms with Crippen LogP contribution in [-0.4, -0.2) is 71.6 Å². The van der Waals surface area contributed by atoms with Crippen LogP contribution in [0.3, 0.4) is 0 Å². The molecule has 3 aliphatic rings. The SMILES string of the molecule is C=CC(=O)Oc1ccc(CCc2cc(OC(=O)C=C)cc(OC(=O)C=C)c2)cc1.CC(C)(C)C(=O)Oc1ccc(CCc2cc(OC(=O)C(C)(C)C)cc(OC(=O)C(C)(C)C)c2)cc1.O=C(Cc1ccccc1)Oc1ccc(CCc2cc(OC(=O)Cc3ccccc3)cc(OC(=O)Cc3ccccc3)c2)cc1.O=C(Oc1ccc(CCc2cc(OC(=O)C3CCCC3)cc(OC(=O)C3CCCC3)c2)cc1)C1CCCC1. The minimum Gasteiger partial charge on any atom is -0.426 e. The van der Waals surface area contributed by atoms with E-state index in [4.69, 9.17) is 56.8 Å². The Hall–Kier alpha value is -15.7. The maximum atomic E-state index is 12.7. The number of hydrogen-bond acceptors (Lipinski definition) is 24. The maximum Gasteiger partial charge on any atom is 0.335 e. The Morgan fingerprint density at radius 3 is 0.651 bits per heavy atom. The van der Waals surface area contributed by atoms with Gasteiger partial charge in [0.25, 0.3) is 0 Å². The molecule has 3 aliphatic carbocycles. The highest BCUT2D eigenvalue weighted by molar-refractivity contribution is 5.86. The van der Waals surface area contributed by atoms with Gasteiger partial charge in [0, 0.05) is 42.5 Å². The molecule has 0 atom stereocenters. The third-order valence-corrected chi connectivity index (χ3v) is 23.9. The summed E-state index contributed by atoms with van der Waals surface area (Å²) in [5.74, 6) is 0.102. The maximum absolute atomic E-state index is 12.7. The van der Waals surface area contributed by atoms with Gasteiger partial charge in [0.2, 0.25) is 0 Å². The summed E-state index contributed by atoms with van der Waals surface area (Å²) in [6, 6.07) is 78.1. The van der Waals surface area contributed by atoms with E-state index in [-0.39, 0.29) is 90.3 Å². The summed E-state index contributed by atoms with van der Waals surface area (Å²) in [5, 5.41) is 0. The van der Waals surface area contributed by atoms with Gasteiger partial charge in [-0.15, -0.1) is 0 Å². The Labute approximate surface area is 854 Å². The van der Waals surface area contributed by atoms with Gasteiger partial charge < -0.3 is 56.8 Å². The zero-order valence-corrected chi connectivity index (χ0v) is 84.5. The topological polar surface area (TPSA) is 316 Å². The summed E-state index contributed by atoms with van der Waals surface area (Å²) in [4.78, 5) is 146. The standard InChI is InChI=1S/C38H32O6.C32H38O6.C29H38O6.C23H20O6/c39-36(24-29-10-4-1-5-11-29)42-33-20-18-28(19-21-33)16-17-32-22-34(43-37(40)25-30-12-6-2-7-13-30)27-35(23-32)44-38(41)26-31-14-8-3-9-15-31;33-30(24-7-1-2-8-24)36-27-17-15-22(16-18-27)13-14-23-19-28(37-31(34)25-9-3-4-10-25)21-29(20-23)38-32(35)26-11-5-6-12-26;1-27(2,3)24(30)33-21-14-12-19(13-15-21)10-11-20-16-22(34-25(31)28(4,5)6)18-23(17-20)35-26(32)29(7,8)9;1-4-21(24)27-18-11-9-16(10-12-18)7-8-17-13-19(28-22(25)5-2)15-20(14-17)29-23(26)6-3/h1-15,18-23,27H,16-17,24-26H2;15-21,24-26H,1-14H2;12-18H,10-11H2,1-9H3;4-6,9-15H,1-3,7-8H2. The van der Waals surface area contributed by atoms with E-state index < -0.39 is 46.1 Å². The first-order chi connectivity index (χ1) is 69.9. The van der Waals surface area contributed by atoms with Gasteiger partial charge in [0.15, 0.2) is 0 Å². The normalized spacial score (nSPS) is 12.9. The van der Waals surface area contributed by atoms with E-state index >= 15 is 0 Å². The van der Waals surface area contributed by atoms with Crippen molar-refractivity contribution < 1.29 is 114 Å². The molecule has 0 spiro atoms. The molecule has 0 unspecified atom stereocenters. The highest BCUT2D eigenvalue weighted by atomic mass is 16.6. The van der Waals surface area contributed by atoms with E-state index in [1.165, 1.54) is 6.07 Å². The van der Waals surface area contributed by atoms with Gasteiger partial charge in [-0.25, -0.2) is 14.4 Å².